The van der Waals surface area contributed by atoms with Crippen LogP contribution in [-0.2, 0) is 29.0 Å². The van der Waals surface area contributed by atoms with Gasteiger partial charge in [0.1, 0.15) is 6.61 Å². The molecule has 2 atom stereocenters. The SMILES string of the molecule is CC[C@H](C)[C@@H](CN(Cc1cccc(Cl)c1Cl)C(=O)OCC1c2ccccc2-c2ccccc21)NC(=O)Cc1cncn1Cc1ccc([N+](=O)[O-])cc1. The quantitative estimate of drug-likeness (QED) is 0.0899. The summed E-state index contributed by atoms with van der Waals surface area (Å²) < 4.78 is 7.93. The molecule has 5 aromatic rings. The molecule has 0 saturated carbocycles. The van der Waals surface area contributed by atoms with Crippen LogP contribution < -0.4 is 5.32 Å². The van der Waals surface area contributed by atoms with E-state index in [1.54, 1.807) is 41.7 Å². The Bertz CT molecular complexity index is 2020. The first-order valence-electron chi connectivity index (χ1n) is 17.2. The standard InChI is InChI=1S/C40H39Cl2N5O5/c1-3-26(2)37(44-38(48)19-30-20-43-25-46(30)21-27-15-17-29(18-16-27)47(50)51)23-45(22-28-9-8-14-36(41)39(28)42)40(49)52-24-35-33-12-6-4-10-31(33)32-11-5-7-13-34(32)35/h4-18,20,25-26,35,37H,3,19,21-24H2,1-2H3,(H,44,48)/t26-,37+/m0/s1. The molecule has 1 aliphatic carbocycles. The highest BCUT2D eigenvalue weighted by Crippen LogP contribution is 2.44. The van der Waals surface area contributed by atoms with E-state index in [0.29, 0.717) is 27.8 Å². The lowest BCUT2D eigenvalue weighted by Gasteiger charge is -2.31. The van der Waals surface area contributed by atoms with Crippen LogP contribution in [0.5, 0.6) is 0 Å². The average molecular weight is 741 g/mol. The van der Waals surface area contributed by atoms with Crippen molar-refractivity contribution in [1.82, 2.24) is 19.8 Å². The summed E-state index contributed by atoms with van der Waals surface area (Å²) in [7, 11) is 0. The van der Waals surface area contributed by atoms with Gasteiger partial charge in [0.05, 0.1) is 34.3 Å². The van der Waals surface area contributed by atoms with Gasteiger partial charge in [-0.15, -0.1) is 0 Å². The molecule has 1 heterocycles. The van der Waals surface area contributed by atoms with Crippen molar-refractivity contribution < 1.29 is 19.2 Å². The molecule has 0 bridgehead atoms. The summed E-state index contributed by atoms with van der Waals surface area (Å²) in [5.41, 5.74) is 6.67. The number of benzene rings is 4. The van der Waals surface area contributed by atoms with E-state index in [1.165, 1.54) is 12.1 Å². The largest absolute Gasteiger partial charge is 0.448 e. The molecule has 6 rings (SSSR count). The number of hydrogen-bond acceptors (Lipinski definition) is 6. The number of carbonyl (C=O) groups excluding carboxylic acids is 2. The molecular formula is C40H39Cl2N5O5. The number of amides is 2. The molecule has 2 amide bonds. The van der Waals surface area contributed by atoms with Gasteiger partial charge < -0.3 is 19.5 Å². The van der Waals surface area contributed by atoms with E-state index in [1.807, 2.05) is 48.7 Å². The Morgan fingerprint density at radius 1 is 0.981 bits per heavy atom. The zero-order valence-electron chi connectivity index (χ0n) is 28.9. The Hall–Kier alpha value is -5.19. The summed E-state index contributed by atoms with van der Waals surface area (Å²) in [4.78, 5) is 44.1. The lowest BCUT2D eigenvalue weighted by atomic mass is 9.98. The summed E-state index contributed by atoms with van der Waals surface area (Å²) in [6, 6.07) is 27.5. The van der Waals surface area contributed by atoms with Gasteiger partial charge >= 0.3 is 6.09 Å². The van der Waals surface area contributed by atoms with Gasteiger partial charge in [-0.1, -0.05) is 116 Å². The zero-order chi connectivity index (χ0) is 36.8. The highest BCUT2D eigenvalue weighted by atomic mass is 35.5. The molecule has 10 nitrogen and oxygen atoms in total. The maximum absolute atomic E-state index is 14.1. The Morgan fingerprint density at radius 3 is 2.31 bits per heavy atom. The fourth-order valence-corrected chi connectivity index (χ4v) is 7.01. The number of non-ortho nitro benzene ring substituents is 1. The van der Waals surface area contributed by atoms with Crippen LogP contribution in [0, 0.1) is 16.0 Å². The summed E-state index contributed by atoms with van der Waals surface area (Å²) in [6.07, 6.45) is 3.53. The van der Waals surface area contributed by atoms with Gasteiger partial charge in [-0.2, -0.15) is 0 Å². The van der Waals surface area contributed by atoms with Crippen molar-refractivity contribution >= 4 is 40.9 Å². The number of halogens is 2. The summed E-state index contributed by atoms with van der Waals surface area (Å²) in [5.74, 6) is -0.342. The molecule has 268 valence electrons. The van der Waals surface area contributed by atoms with E-state index in [9.17, 15) is 19.7 Å². The van der Waals surface area contributed by atoms with E-state index >= 15 is 0 Å². The first kappa shape index (κ1) is 36.6. The number of nitro groups is 1. The summed E-state index contributed by atoms with van der Waals surface area (Å²) >= 11 is 13.0. The van der Waals surface area contributed by atoms with Gasteiger partial charge in [0.2, 0.25) is 5.91 Å². The van der Waals surface area contributed by atoms with Crippen molar-refractivity contribution in [2.75, 3.05) is 13.2 Å². The number of nitro benzene ring substituents is 1. The minimum atomic E-state index is -0.526. The lowest BCUT2D eigenvalue weighted by molar-refractivity contribution is -0.384. The second-order valence-electron chi connectivity index (χ2n) is 13.1. The maximum Gasteiger partial charge on any atom is 0.410 e. The molecule has 1 N–H and O–H groups in total. The summed E-state index contributed by atoms with van der Waals surface area (Å²) in [5, 5.41) is 15.0. The monoisotopic (exact) mass is 739 g/mol. The highest BCUT2D eigenvalue weighted by Gasteiger charge is 2.31. The van der Waals surface area contributed by atoms with E-state index in [2.05, 4.69) is 34.6 Å². The third-order valence-corrected chi connectivity index (χ3v) is 10.6. The van der Waals surface area contributed by atoms with Crippen molar-refractivity contribution in [2.24, 2.45) is 5.92 Å². The van der Waals surface area contributed by atoms with Crippen molar-refractivity contribution in [3.63, 3.8) is 0 Å². The minimum absolute atomic E-state index is 0.00712. The maximum atomic E-state index is 14.1. The molecule has 0 spiro atoms. The van der Waals surface area contributed by atoms with Crippen molar-refractivity contribution in [3.8, 4) is 11.1 Å². The Balaban J connectivity index is 1.18. The molecule has 1 aliphatic rings. The molecule has 12 heteroatoms. The molecule has 0 aliphatic heterocycles. The van der Waals surface area contributed by atoms with Crippen molar-refractivity contribution in [3.05, 3.63) is 152 Å². The van der Waals surface area contributed by atoms with Crippen LogP contribution in [0.2, 0.25) is 10.0 Å². The Morgan fingerprint density at radius 2 is 1.65 bits per heavy atom. The van der Waals surface area contributed by atoms with Crippen molar-refractivity contribution in [2.45, 2.75) is 51.7 Å². The highest BCUT2D eigenvalue weighted by molar-refractivity contribution is 6.42. The Kier molecular flexibility index (Phi) is 11.6. The molecule has 0 saturated heterocycles. The van der Waals surface area contributed by atoms with E-state index in [0.717, 1.165) is 34.2 Å². The van der Waals surface area contributed by atoms with Crippen LogP contribution in [-0.4, -0.2) is 50.6 Å². The topological polar surface area (TPSA) is 120 Å². The lowest BCUT2D eigenvalue weighted by Crippen LogP contribution is -2.49. The van der Waals surface area contributed by atoms with Gasteiger partial charge in [0.15, 0.2) is 0 Å². The molecular weight excluding hydrogens is 701 g/mol. The van der Waals surface area contributed by atoms with Crippen LogP contribution in [0.4, 0.5) is 10.5 Å². The average Bonchev–Trinajstić information content (AvgIpc) is 3.72. The van der Waals surface area contributed by atoms with Crippen molar-refractivity contribution in [1.29, 1.82) is 0 Å². The van der Waals surface area contributed by atoms with Crippen LogP contribution in [0.15, 0.2) is 104 Å². The van der Waals surface area contributed by atoms with Gasteiger partial charge in [-0.3, -0.25) is 14.9 Å². The molecule has 0 radical (unpaired) electrons. The van der Waals surface area contributed by atoms with Gasteiger partial charge in [-0.05, 0) is 45.4 Å². The van der Waals surface area contributed by atoms with Gasteiger partial charge in [0.25, 0.3) is 5.69 Å². The third kappa shape index (κ3) is 8.30. The predicted molar refractivity (Wildman–Crippen MR) is 201 cm³/mol. The fraction of sp³-hybridized carbons (Fsp3) is 0.275. The zero-order valence-corrected chi connectivity index (χ0v) is 30.4. The van der Waals surface area contributed by atoms with Gasteiger partial charge in [0, 0.05) is 49.1 Å². The number of imidazole rings is 1. The smallest absolute Gasteiger partial charge is 0.410 e. The number of rotatable bonds is 14. The third-order valence-electron chi connectivity index (χ3n) is 9.72. The predicted octanol–water partition coefficient (Wildman–Crippen LogP) is 8.67. The first-order chi connectivity index (χ1) is 25.1. The van der Waals surface area contributed by atoms with Gasteiger partial charge in [-0.25, -0.2) is 9.78 Å². The molecule has 0 fully saturated rings. The molecule has 52 heavy (non-hydrogen) atoms. The van der Waals surface area contributed by atoms with Crippen LogP contribution in [0.3, 0.4) is 0 Å². The number of ether oxygens (including phenoxy) is 1. The molecule has 4 aromatic carbocycles. The van der Waals surface area contributed by atoms with E-state index < -0.39 is 17.1 Å². The normalized spacial score (nSPS) is 13.2. The fourth-order valence-electron chi connectivity index (χ4n) is 6.63. The van der Waals surface area contributed by atoms with E-state index in [4.69, 9.17) is 27.9 Å². The number of fused-ring (bicyclic) bond motifs is 3. The number of carbonyl (C=O) groups is 2. The van der Waals surface area contributed by atoms with E-state index in [-0.39, 0.29) is 49.5 Å². The number of hydrogen-bond donors (Lipinski definition) is 1. The molecule has 0 unspecified atom stereocenters. The molecule has 1 aromatic heterocycles. The Labute approximate surface area is 312 Å². The first-order valence-corrected chi connectivity index (χ1v) is 17.9. The summed E-state index contributed by atoms with van der Waals surface area (Å²) in [6.45, 7) is 4.90. The second-order valence-corrected chi connectivity index (χ2v) is 13.9. The van der Waals surface area contributed by atoms with Crippen LogP contribution in [0.1, 0.15) is 54.1 Å². The number of nitrogens with zero attached hydrogens (tertiary/aromatic N) is 4. The second kappa shape index (κ2) is 16.4. The number of nitrogens with one attached hydrogen (secondary N) is 1. The number of aromatic nitrogens is 2. The van der Waals surface area contributed by atoms with Crippen LogP contribution >= 0.6 is 23.2 Å². The van der Waals surface area contributed by atoms with Crippen LogP contribution in [0.25, 0.3) is 11.1 Å². The minimum Gasteiger partial charge on any atom is -0.448 e.